The van der Waals surface area contributed by atoms with Crippen LogP contribution in [0.4, 0.5) is 0 Å². The highest BCUT2D eigenvalue weighted by atomic mass is 16.8. The van der Waals surface area contributed by atoms with Crippen molar-refractivity contribution in [2.75, 3.05) is 13.2 Å². The number of hydrogen-bond donors (Lipinski definition) is 0. The lowest BCUT2D eigenvalue weighted by Gasteiger charge is -2.46. The second-order valence-electron chi connectivity index (χ2n) is 9.90. The van der Waals surface area contributed by atoms with Crippen molar-refractivity contribution < 1.29 is 90.5 Å². The van der Waals surface area contributed by atoms with Crippen molar-refractivity contribution in [3.05, 3.63) is 0 Å². The van der Waals surface area contributed by atoms with E-state index < -0.39 is 116 Å². The summed E-state index contributed by atoms with van der Waals surface area (Å²) in [5.41, 5.74) is 0. The molecule has 19 heteroatoms. The summed E-state index contributed by atoms with van der Waals surface area (Å²) < 4.78 is 53.5. The van der Waals surface area contributed by atoms with E-state index >= 15 is 0 Å². The molecule has 0 aromatic rings. The van der Waals surface area contributed by atoms with E-state index in [0.29, 0.717) is 0 Å². The van der Waals surface area contributed by atoms with Gasteiger partial charge < -0.3 is 47.4 Å². The Bertz CT molecular complexity index is 1180. The van der Waals surface area contributed by atoms with Crippen molar-refractivity contribution >= 4 is 54.0 Å². The standard InChI is InChI=1S/C28H38O19/c1-12(30)38-10-21(41-15(4)33)24(23(42-16(5)34)20(9-29)40-14(3)32)47-28-27(45-19(8)37)26(44-18(7)36)25(43-17(6)35)22(46-28)11-39-13(2)31/h9,20-28H,10-11H2,1-8H3/t20-,21+,22+,23+,24+,25+,26-,27+,28-/m0/s1. The first kappa shape index (κ1) is 40.4. The molecule has 47 heavy (non-hydrogen) atoms. The number of esters is 8. The highest BCUT2D eigenvalue weighted by Gasteiger charge is 2.55. The first-order valence-corrected chi connectivity index (χ1v) is 13.9. The largest absolute Gasteiger partial charge is 0.463 e. The molecule has 0 unspecified atom stereocenters. The fourth-order valence-electron chi connectivity index (χ4n) is 4.31. The molecule has 9 atom stereocenters. The van der Waals surface area contributed by atoms with Gasteiger partial charge in [-0.25, -0.2) is 0 Å². The highest BCUT2D eigenvalue weighted by Crippen LogP contribution is 2.32. The van der Waals surface area contributed by atoms with Gasteiger partial charge in [0.05, 0.1) is 0 Å². The maximum absolute atomic E-state index is 12.3. The van der Waals surface area contributed by atoms with Gasteiger partial charge in [-0.3, -0.25) is 43.2 Å². The van der Waals surface area contributed by atoms with Crippen LogP contribution >= 0.6 is 0 Å². The molecule has 1 rings (SSSR count). The van der Waals surface area contributed by atoms with Crippen LogP contribution in [0, 0.1) is 0 Å². The van der Waals surface area contributed by atoms with Gasteiger partial charge in [0.15, 0.2) is 49.2 Å². The van der Waals surface area contributed by atoms with E-state index in [1.165, 1.54) is 0 Å². The number of carbonyl (C=O) groups excluding carboxylic acids is 9. The second kappa shape index (κ2) is 19.1. The summed E-state index contributed by atoms with van der Waals surface area (Å²) >= 11 is 0. The Morgan fingerprint density at radius 2 is 1.06 bits per heavy atom. The monoisotopic (exact) mass is 678 g/mol. The van der Waals surface area contributed by atoms with E-state index in [9.17, 15) is 43.2 Å². The van der Waals surface area contributed by atoms with E-state index in [1.807, 2.05) is 0 Å². The van der Waals surface area contributed by atoms with Gasteiger partial charge in [-0.15, -0.1) is 0 Å². The van der Waals surface area contributed by atoms with E-state index in [2.05, 4.69) is 0 Å². The quantitative estimate of drug-likeness (QED) is 0.108. The van der Waals surface area contributed by atoms with Crippen LogP contribution in [0.2, 0.25) is 0 Å². The Hall–Kier alpha value is -4.65. The van der Waals surface area contributed by atoms with Gasteiger partial charge in [-0.05, 0) is 0 Å². The Kier molecular flexibility index (Phi) is 16.4. The lowest BCUT2D eigenvalue weighted by Crippen LogP contribution is -2.65. The fourth-order valence-corrected chi connectivity index (χ4v) is 4.31. The van der Waals surface area contributed by atoms with Gasteiger partial charge in [0.1, 0.15) is 25.4 Å². The van der Waals surface area contributed by atoms with Crippen LogP contribution < -0.4 is 0 Å². The molecule has 0 amide bonds. The van der Waals surface area contributed by atoms with Gasteiger partial charge in [-0.1, -0.05) is 0 Å². The van der Waals surface area contributed by atoms with Crippen molar-refractivity contribution in [3.8, 4) is 0 Å². The lowest BCUT2D eigenvalue weighted by molar-refractivity contribution is -0.330. The average molecular weight is 679 g/mol. The van der Waals surface area contributed by atoms with Gasteiger partial charge in [-0.2, -0.15) is 0 Å². The van der Waals surface area contributed by atoms with Crippen LogP contribution in [0.5, 0.6) is 0 Å². The maximum Gasteiger partial charge on any atom is 0.303 e. The molecule has 0 aromatic carbocycles. The third-order valence-electron chi connectivity index (χ3n) is 5.76. The predicted octanol–water partition coefficient (Wildman–Crippen LogP) is -0.988. The van der Waals surface area contributed by atoms with Crippen molar-refractivity contribution in [1.82, 2.24) is 0 Å². The summed E-state index contributed by atoms with van der Waals surface area (Å²) in [6.07, 6.45) is -16.2. The van der Waals surface area contributed by atoms with Crippen LogP contribution in [0.25, 0.3) is 0 Å². The van der Waals surface area contributed by atoms with Crippen molar-refractivity contribution in [3.63, 3.8) is 0 Å². The smallest absolute Gasteiger partial charge is 0.303 e. The Labute approximate surface area is 268 Å². The summed E-state index contributed by atoms with van der Waals surface area (Å²) in [7, 11) is 0. The molecule has 0 radical (unpaired) electrons. The molecule has 1 saturated heterocycles. The maximum atomic E-state index is 12.3. The molecule has 19 nitrogen and oxygen atoms in total. The summed E-state index contributed by atoms with van der Waals surface area (Å²) in [4.78, 5) is 108. The Morgan fingerprint density at radius 3 is 1.51 bits per heavy atom. The summed E-state index contributed by atoms with van der Waals surface area (Å²) in [6.45, 7) is 6.35. The van der Waals surface area contributed by atoms with Crippen molar-refractivity contribution in [2.45, 2.75) is 111 Å². The number of hydrogen-bond acceptors (Lipinski definition) is 19. The van der Waals surface area contributed by atoms with Crippen molar-refractivity contribution in [2.24, 2.45) is 0 Å². The zero-order valence-corrected chi connectivity index (χ0v) is 26.9. The molecule has 1 aliphatic heterocycles. The minimum absolute atomic E-state index is 0.0647. The summed E-state index contributed by atoms with van der Waals surface area (Å²) in [6, 6.07) is 0. The molecule has 264 valence electrons. The van der Waals surface area contributed by atoms with Crippen LogP contribution in [0.15, 0.2) is 0 Å². The fraction of sp³-hybridized carbons (Fsp3) is 0.679. The molecule has 0 aromatic heterocycles. The normalized spacial score (nSPS) is 22.9. The lowest BCUT2D eigenvalue weighted by atomic mass is 9.97. The number of rotatable bonds is 16. The van der Waals surface area contributed by atoms with Crippen LogP contribution in [-0.4, -0.2) is 122 Å². The SMILES string of the molecule is CC(=O)OC[C@H]1O[C@@H](O[C@@H]([C@H](OC(C)=O)[C@H](C=O)OC(C)=O)[C@@H](COC(C)=O)OC(C)=O)[C@H](OC(C)=O)[C@@H](OC(C)=O)[C@@H]1OC(C)=O. The third kappa shape index (κ3) is 14.1. The predicted molar refractivity (Wildman–Crippen MR) is 146 cm³/mol. The minimum atomic E-state index is -1.97. The second-order valence-corrected chi connectivity index (χ2v) is 9.90. The minimum Gasteiger partial charge on any atom is -0.463 e. The molecule has 1 heterocycles. The number of carbonyl (C=O) groups is 9. The molecular weight excluding hydrogens is 640 g/mol. The summed E-state index contributed by atoms with van der Waals surface area (Å²) in [5.74, 6) is -7.62. The van der Waals surface area contributed by atoms with Crippen molar-refractivity contribution in [1.29, 1.82) is 0 Å². The topological polar surface area (TPSA) is 246 Å². The molecule has 0 bridgehead atoms. The molecule has 0 aliphatic carbocycles. The van der Waals surface area contributed by atoms with Crippen LogP contribution in [-0.2, 0) is 90.5 Å². The third-order valence-corrected chi connectivity index (χ3v) is 5.76. The molecule has 0 spiro atoms. The van der Waals surface area contributed by atoms with E-state index in [4.69, 9.17) is 47.4 Å². The zero-order valence-electron chi connectivity index (χ0n) is 26.9. The Morgan fingerprint density at radius 1 is 0.574 bits per heavy atom. The first-order valence-electron chi connectivity index (χ1n) is 13.9. The van der Waals surface area contributed by atoms with Gasteiger partial charge in [0.25, 0.3) is 0 Å². The molecule has 0 saturated carbocycles. The molecule has 1 fully saturated rings. The zero-order chi connectivity index (χ0) is 36.0. The first-order chi connectivity index (χ1) is 21.9. The summed E-state index contributed by atoms with van der Waals surface area (Å²) in [5, 5.41) is 0. The Balaban J connectivity index is 3.99. The van der Waals surface area contributed by atoms with E-state index in [1.54, 1.807) is 0 Å². The average Bonchev–Trinajstić information content (AvgIpc) is 2.92. The van der Waals surface area contributed by atoms with E-state index in [0.717, 1.165) is 55.4 Å². The van der Waals surface area contributed by atoms with Crippen LogP contribution in [0.3, 0.4) is 0 Å². The molecular formula is C28H38O19. The molecule has 1 aliphatic rings. The van der Waals surface area contributed by atoms with E-state index in [-0.39, 0.29) is 6.29 Å². The van der Waals surface area contributed by atoms with Gasteiger partial charge >= 0.3 is 47.8 Å². The molecule has 0 N–H and O–H groups in total. The van der Waals surface area contributed by atoms with Gasteiger partial charge in [0.2, 0.25) is 0 Å². The van der Waals surface area contributed by atoms with Gasteiger partial charge in [0, 0.05) is 55.4 Å². The van der Waals surface area contributed by atoms with Crippen LogP contribution in [0.1, 0.15) is 55.4 Å². The highest BCUT2D eigenvalue weighted by molar-refractivity contribution is 5.72. The number of ether oxygens (including phenoxy) is 10. The number of aldehydes is 1.